The molecule has 0 spiro atoms. The third-order valence-corrected chi connectivity index (χ3v) is 3.27. The molecule has 2 aliphatic heterocycles. The van der Waals surface area contributed by atoms with E-state index in [2.05, 4.69) is 16.0 Å². The Morgan fingerprint density at radius 1 is 1.41 bits per heavy atom. The first-order valence-electron chi connectivity index (χ1n) is 6.06. The summed E-state index contributed by atoms with van der Waals surface area (Å²) in [7, 11) is 0. The summed E-state index contributed by atoms with van der Waals surface area (Å²) < 4.78 is 0. The predicted octanol–water partition coefficient (Wildman–Crippen LogP) is -0.0549. The first kappa shape index (κ1) is 14.3. The molecule has 2 rings (SSSR count). The van der Waals surface area contributed by atoms with E-state index >= 15 is 0 Å². The van der Waals surface area contributed by atoms with Crippen molar-refractivity contribution in [3.8, 4) is 0 Å². The number of halogens is 1. The highest BCUT2D eigenvalue weighted by Crippen LogP contribution is 2.08. The maximum Gasteiger partial charge on any atom is 0.242 e. The molecule has 2 saturated heterocycles. The molecule has 0 aromatic carbocycles. The molecule has 0 radical (unpaired) electrons. The van der Waals surface area contributed by atoms with E-state index in [4.69, 9.17) is 0 Å². The number of hydrogen-bond acceptors (Lipinski definition) is 3. The smallest absolute Gasteiger partial charge is 0.242 e. The summed E-state index contributed by atoms with van der Waals surface area (Å²) in [5.41, 5.74) is 0. The summed E-state index contributed by atoms with van der Waals surface area (Å²) in [6.45, 7) is 1.79. The summed E-state index contributed by atoms with van der Waals surface area (Å²) in [5.74, 6) is -0.0542. The average molecular weight is 262 g/mol. The van der Waals surface area contributed by atoms with E-state index in [-0.39, 0.29) is 30.3 Å². The minimum absolute atomic E-state index is 0. The normalized spacial score (nSPS) is 27.4. The van der Waals surface area contributed by atoms with Crippen molar-refractivity contribution >= 4 is 24.2 Å². The minimum Gasteiger partial charge on any atom is -0.354 e. The minimum atomic E-state index is -0.302. The first-order chi connectivity index (χ1) is 7.75. The van der Waals surface area contributed by atoms with Gasteiger partial charge in [0.15, 0.2) is 0 Å². The Morgan fingerprint density at radius 3 is 2.82 bits per heavy atom. The fourth-order valence-corrected chi connectivity index (χ4v) is 2.31. The topological polar surface area (TPSA) is 70.2 Å². The van der Waals surface area contributed by atoms with Crippen molar-refractivity contribution < 1.29 is 9.59 Å². The second-order valence-electron chi connectivity index (χ2n) is 4.53. The van der Waals surface area contributed by atoms with E-state index in [1.165, 1.54) is 12.8 Å². The van der Waals surface area contributed by atoms with Crippen LogP contribution in [0, 0.1) is 0 Å². The third-order valence-electron chi connectivity index (χ3n) is 3.27. The molecule has 0 saturated carbocycles. The lowest BCUT2D eigenvalue weighted by molar-refractivity contribution is -0.125. The lowest BCUT2D eigenvalue weighted by Gasteiger charge is -2.13. The number of hydrogen-bond donors (Lipinski definition) is 3. The highest BCUT2D eigenvalue weighted by Gasteiger charge is 2.26. The highest BCUT2D eigenvalue weighted by atomic mass is 35.5. The van der Waals surface area contributed by atoms with Gasteiger partial charge in [0.05, 0.1) is 0 Å². The van der Waals surface area contributed by atoms with Gasteiger partial charge in [-0.2, -0.15) is 0 Å². The summed E-state index contributed by atoms with van der Waals surface area (Å²) in [6.07, 6.45) is 4.52. The number of nitrogens with one attached hydrogen (secondary N) is 3. The molecule has 98 valence electrons. The molecule has 0 bridgehead atoms. The van der Waals surface area contributed by atoms with E-state index in [9.17, 15) is 9.59 Å². The van der Waals surface area contributed by atoms with Crippen molar-refractivity contribution in [1.29, 1.82) is 0 Å². The van der Waals surface area contributed by atoms with Gasteiger partial charge in [0, 0.05) is 19.0 Å². The van der Waals surface area contributed by atoms with Crippen molar-refractivity contribution in [3.63, 3.8) is 0 Å². The van der Waals surface area contributed by atoms with Gasteiger partial charge in [-0.25, -0.2) is 0 Å². The van der Waals surface area contributed by atoms with Gasteiger partial charge < -0.3 is 16.0 Å². The molecule has 0 aliphatic carbocycles. The largest absolute Gasteiger partial charge is 0.354 e. The molecule has 2 aliphatic rings. The van der Waals surface area contributed by atoms with Gasteiger partial charge in [-0.15, -0.1) is 12.4 Å². The predicted molar refractivity (Wildman–Crippen MR) is 67.1 cm³/mol. The van der Waals surface area contributed by atoms with Crippen LogP contribution in [-0.2, 0) is 9.59 Å². The molecule has 0 aromatic rings. The van der Waals surface area contributed by atoms with E-state index in [1.807, 2.05) is 0 Å². The van der Waals surface area contributed by atoms with Crippen LogP contribution < -0.4 is 16.0 Å². The quantitative estimate of drug-likeness (QED) is 0.664. The van der Waals surface area contributed by atoms with Gasteiger partial charge in [0.2, 0.25) is 11.8 Å². The van der Waals surface area contributed by atoms with Crippen LogP contribution in [0.3, 0.4) is 0 Å². The molecular formula is C11H20ClN3O2. The standard InChI is InChI=1S/C11H19N3O2.ClH/c15-10-4-3-9(14-10)11(16)13-7-5-8-2-1-6-12-8;/h8-9,12H,1-7H2,(H,13,16)(H,14,15);1H/t8-,9-;/m1./s1. The van der Waals surface area contributed by atoms with E-state index < -0.39 is 0 Å². The fraction of sp³-hybridized carbons (Fsp3) is 0.818. The van der Waals surface area contributed by atoms with Crippen LogP contribution in [0.25, 0.3) is 0 Å². The van der Waals surface area contributed by atoms with Crippen LogP contribution in [0.1, 0.15) is 32.1 Å². The van der Waals surface area contributed by atoms with E-state index in [1.54, 1.807) is 0 Å². The molecule has 6 heteroatoms. The lowest BCUT2D eigenvalue weighted by Crippen LogP contribution is -2.42. The Hall–Kier alpha value is -0.810. The van der Waals surface area contributed by atoms with Gasteiger partial charge in [0.25, 0.3) is 0 Å². The first-order valence-corrected chi connectivity index (χ1v) is 6.06. The van der Waals surface area contributed by atoms with Crippen molar-refractivity contribution in [1.82, 2.24) is 16.0 Å². The summed E-state index contributed by atoms with van der Waals surface area (Å²) in [5, 5.41) is 8.93. The zero-order chi connectivity index (χ0) is 11.4. The fourth-order valence-electron chi connectivity index (χ4n) is 2.31. The van der Waals surface area contributed by atoms with E-state index in [0.29, 0.717) is 25.4 Å². The van der Waals surface area contributed by atoms with Crippen LogP contribution in [-0.4, -0.2) is 37.0 Å². The third kappa shape index (κ3) is 4.16. The number of amides is 2. The van der Waals surface area contributed by atoms with E-state index in [0.717, 1.165) is 13.0 Å². The second-order valence-corrected chi connectivity index (χ2v) is 4.53. The van der Waals surface area contributed by atoms with Gasteiger partial charge in [-0.3, -0.25) is 9.59 Å². The molecule has 0 unspecified atom stereocenters. The van der Waals surface area contributed by atoms with Gasteiger partial charge in [0.1, 0.15) is 6.04 Å². The molecule has 17 heavy (non-hydrogen) atoms. The Kier molecular flexibility index (Phi) is 5.71. The summed E-state index contributed by atoms with van der Waals surface area (Å²) in [6, 6.07) is 0.252. The molecular weight excluding hydrogens is 242 g/mol. The maximum absolute atomic E-state index is 11.6. The molecule has 3 N–H and O–H groups in total. The van der Waals surface area contributed by atoms with Crippen LogP contribution in [0.5, 0.6) is 0 Å². The van der Waals surface area contributed by atoms with Crippen molar-refractivity contribution in [2.45, 2.75) is 44.2 Å². The maximum atomic E-state index is 11.6. The number of carbonyl (C=O) groups excluding carboxylic acids is 2. The molecule has 2 fully saturated rings. The van der Waals surface area contributed by atoms with Gasteiger partial charge in [-0.05, 0) is 32.2 Å². The molecule has 2 amide bonds. The monoisotopic (exact) mass is 261 g/mol. The Balaban J connectivity index is 0.00000144. The molecule has 2 atom stereocenters. The highest BCUT2D eigenvalue weighted by molar-refractivity contribution is 5.90. The molecule has 2 heterocycles. The molecule has 5 nitrogen and oxygen atoms in total. The SMILES string of the molecule is Cl.O=C1CC[C@H](C(=O)NCC[C@H]2CCCN2)N1. The average Bonchev–Trinajstić information content (AvgIpc) is 2.89. The summed E-state index contributed by atoms with van der Waals surface area (Å²) in [4.78, 5) is 22.6. The number of carbonyl (C=O) groups is 2. The van der Waals surface area contributed by atoms with Gasteiger partial charge >= 0.3 is 0 Å². The van der Waals surface area contributed by atoms with Crippen LogP contribution in [0.4, 0.5) is 0 Å². The van der Waals surface area contributed by atoms with Crippen LogP contribution in [0.2, 0.25) is 0 Å². The van der Waals surface area contributed by atoms with Crippen molar-refractivity contribution in [2.75, 3.05) is 13.1 Å². The lowest BCUT2D eigenvalue weighted by atomic mass is 10.1. The zero-order valence-corrected chi connectivity index (χ0v) is 10.6. The van der Waals surface area contributed by atoms with Crippen LogP contribution >= 0.6 is 12.4 Å². The Bertz CT molecular complexity index is 280. The second kappa shape index (κ2) is 6.81. The Labute approximate surface area is 108 Å². The van der Waals surface area contributed by atoms with Crippen LogP contribution in [0.15, 0.2) is 0 Å². The van der Waals surface area contributed by atoms with Crippen molar-refractivity contribution in [3.05, 3.63) is 0 Å². The number of rotatable bonds is 4. The molecule has 0 aromatic heterocycles. The van der Waals surface area contributed by atoms with Crippen molar-refractivity contribution in [2.24, 2.45) is 0 Å². The van der Waals surface area contributed by atoms with Gasteiger partial charge in [-0.1, -0.05) is 0 Å². The zero-order valence-electron chi connectivity index (χ0n) is 9.83. The summed E-state index contributed by atoms with van der Waals surface area (Å²) >= 11 is 0. The Morgan fingerprint density at radius 2 is 2.24 bits per heavy atom.